The van der Waals surface area contributed by atoms with Crippen LogP contribution in [0.2, 0.25) is 0 Å². The lowest BCUT2D eigenvalue weighted by molar-refractivity contribution is 0.212. The fourth-order valence-electron chi connectivity index (χ4n) is 3.50. The molecule has 0 atom stereocenters. The molecule has 1 aliphatic carbocycles. The molecule has 1 aromatic heterocycles. The van der Waals surface area contributed by atoms with Crippen molar-refractivity contribution in [2.24, 2.45) is 11.1 Å². The van der Waals surface area contributed by atoms with E-state index >= 15 is 0 Å². The molecular weight excluding hydrogens is 314 g/mol. The minimum atomic E-state index is 0.280. The summed E-state index contributed by atoms with van der Waals surface area (Å²) in [5, 5.41) is 4.63. The van der Waals surface area contributed by atoms with Crippen LogP contribution in [-0.4, -0.2) is 16.3 Å². The number of aromatic nitrogens is 2. The highest BCUT2D eigenvalue weighted by Gasteiger charge is 2.31. The molecule has 1 fully saturated rings. The van der Waals surface area contributed by atoms with Crippen molar-refractivity contribution < 1.29 is 0 Å². The van der Waals surface area contributed by atoms with Gasteiger partial charge >= 0.3 is 0 Å². The van der Waals surface area contributed by atoms with Crippen molar-refractivity contribution in [1.82, 2.24) is 9.78 Å². The lowest BCUT2D eigenvalue weighted by atomic mass is 9.73. The Kier molecular flexibility index (Phi) is 5.67. The van der Waals surface area contributed by atoms with E-state index in [4.69, 9.17) is 5.73 Å². The van der Waals surface area contributed by atoms with Crippen LogP contribution >= 0.6 is 15.9 Å². The van der Waals surface area contributed by atoms with Crippen molar-refractivity contribution in [3.8, 4) is 0 Å². The molecule has 1 aromatic rings. The van der Waals surface area contributed by atoms with Crippen molar-refractivity contribution in [1.29, 1.82) is 0 Å². The topological polar surface area (TPSA) is 43.8 Å². The minimum absolute atomic E-state index is 0.280. The van der Waals surface area contributed by atoms with Crippen LogP contribution in [-0.2, 0) is 13.0 Å². The molecule has 1 heterocycles. The normalized spacial score (nSPS) is 19.6. The Labute approximate surface area is 131 Å². The van der Waals surface area contributed by atoms with E-state index in [-0.39, 0.29) is 5.41 Å². The van der Waals surface area contributed by atoms with Gasteiger partial charge in [0, 0.05) is 6.54 Å². The van der Waals surface area contributed by atoms with Gasteiger partial charge in [0.15, 0.2) is 0 Å². The van der Waals surface area contributed by atoms with Gasteiger partial charge in [-0.1, -0.05) is 32.1 Å². The zero-order valence-electron chi connectivity index (χ0n) is 12.9. The third-order valence-electron chi connectivity index (χ3n) is 4.84. The van der Waals surface area contributed by atoms with Gasteiger partial charge in [-0.25, -0.2) is 0 Å². The Morgan fingerprint density at radius 1 is 1.20 bits per heavy atom. The molecule has 3 nitrogen and oxygen atoms in total. The van der Waals surface area contributed by atoms with E-state index in [0.29, 0.717) is 0 Å². The van der Waals surface area contributed by atoms with Crippen LogP contribution in [0.15, 0.2) is 4.47 Å². The molecule has 0 aromatic carbocycles. The third kappa shape index (κ3) is 3.45. The number of rotatable bonds is 4. The number of aryl methyl sites for hydroxylation is 2. The monoisotopic (exact) mass is 341 g/mol. The van der Waals surface area contributed by atoms with Crippen LogP contribution in [0.5, 0.6) is 0 Å². The van der Waals surface area contributed by atoms with Crippen molar-refractivity contribution in [2.45, 2.75) is 71.8 Å². The molecule has 0 saturated heterocycles. The largest absolute Gasteiger partial charge is 0.330 e. The smallest absolute Gasteiger partial charge is 0.0738 e. The number of hydrogen-bond donors (Lipinski definition) is 1. The molecule has 114 valence electrons. The Morgan fingerprint density at radius 3 is 2.35 bits per heavy atom. The number of halogens is 1. The van der Waals surface area contributed by atoms with E-state index in [1.165, 1.54) is 55.1 Å². The highest BCUT2D eigenvalue weighted by Crippen LogP contribution is 2.38. The summed E-state index contributed by atoms with van der Waals surface area (Å²) in [6.45, 7) is 5.97. The second kappa shape index (κ2) is 7.08. The lowest BCUT2D eigenvalue weighted by Crippen LogP contribution is -2.34. The van der Waals surface area contributed by atoms with Gasteiger partial charge in [0.05, 0.1) is 15.9 Å². The summed E-state index contributed by atoms with van der Waals surface area (Å²) in [6.07, 6.45) is 10.4. The van der Waals surface area contributed by atoms with E-state index in [2.05, 4.69) is 39.6 Å². The summed E-state index contributed by atoms with van der Waals surface area (Å²) >= 11 is 3.73. The van der Waals surface area contributed by atoms with E-state index in [1.54, 1.807) is 0 Å². The predicted molar refractivity (Wildman–Crippen MR) is 87.8 cm³/mol. The van der Waals surface area contributed by atoms with Gasteiger partial charge in [-0.2, -0.15) is 5.10 Å². The van der Waals surface area contributed by atoms with Gasteiger partial charge < -0.3 is 5.73 Å². The van der Waals surface area contributed by atoms with Crippen molar-refractivity contribution in [3.63, 3.8) is 0 Å². The molecule has 0 spiro atoms. The number of nitrogens with zero attached hydrogens (tertiary/aromatic N) is 2. The SMILES string of the molecule is CCn1nc(C)c(Br)c1CC1(CN)CCCCCCC1. The molecular formula is C16H28BrN3. The Bertz CT molecular complexity index is 431. The van der Waals surface area contributed by atoms with Gasteiger partial charge in [-0.15, -0.1) is 0 Å². The quantitative estimate of drug-likeness (QED) is 0.891. The average molecular weight is 342 g/mol. The molecule has 20 heavy (non-hydrogen) atoms. The standard InChI is InChI=1S/C16H28BrN3/c1-3-20-14(15(17)13(2)19-20)11-16(12-18)9-7-5-4-6-8-10-16/h3-12,18H2,1-2H3. The maximum Gasteiger partial charge on any atom is 0.0738 e. The van der Waals surface area contributed by atoms with Crippen LogP contribution in [0.4, 0.5) is 0 Å². The third-order valence-corrected chi connectivity index (χ3v) is 5.87. The van der Waals surface area contributed by atoms with Gasteiger partial charge in [0.2, 0.25) is 0 Å². The first kappa shape index (κ1) is 16.0. The van der Waals surface area contributed by atoms with E-state index in [0.717, 1.165) is 25.2 Å². The summed E-state index contributed by atoms with van der Waals surface area (Å²) in [4.78, 5) is 0. The number of hydrogen-bond acceptors (Lipinski definition) is 2. The molecule has 0 unspecified atom stereocenters. The summed E-state index contributed by atoms with van der Waals surface area (Å²) in [5.41, 5.74) is 8.93. The molecule has 0 radical (unpaired) electrons. The first-order valence-electron chi connectivity index (χ1n) is 8.04. The molecule has 4 heteroatoms. The summed E-state index contributed by atoms with van der Waals surface area (Å²) in [7, 11) is 0. The molecule has 2 N–H and O–H groups in total. The summed E-state index contributed by atoms with van der Waals surface area (Å²) in [5.74, 6) is 0. The fraction of sp³-hybridized carbons (Fsp3) is 0.812. The zero-order valence-corrected chi connectivity index (χ0v) is 14.5. The van der Waals surface area contributed by atoms with Crippen LogP contribution in [0.3, 0.4) is 0 Å². The molecule has 0 bridgehead atoms. The molecule has 0 aliphatic heterocycles. The van der Waals surface area contributed by atoms with Gasteiger partial charge in [-0.3, -0.25) is 4.68 Å². The van der Waals surface area contributed by atoms with Crippen LogP contribution in [0.25, 0.3) is 0 Å². The first-order valence-corrected chi connectivity index (χ1v) is 8.83. The van der Waals surface area contributed by atoms with Crippen molar-refractivity contribution in [3.05, 3.63) is 15.9 Å². The first-order chi connectivity index (χ1) is 9.62. The highest BCUT2D eigenvalue weighted by atomic mass is 79.9. The van der Waals surface area contributed by atoms with Crippen LogP contribution in [0.1, 0.15) is 63.3 Å². The second-order valence-electron chi connectivity index (χ2n) is 6.31. The van der Waals surface area contributed by atoms with Gasteiger partial charge in [0.1, 0.15) is 0 Å². The second-order valence-corrected chi connectivity index (χ2v) is 7.10. The van der Waals surface area contributed by atoms with Crippen LogP contribution < -0.4 is 5.73 Å². The maximum absolute atomic E-state index is 6.21. The lowest BCUT2D eigenvalue weighted by Gasteiger charge is -2.34. The molecule has 1 aliphatic rings. The fourth-order valence-corrected chi connectivity index (χ4v) is 3.93. The Balaban J connectivity index is 2.23. The number of nitrogens with two attached hydrogens (primary N) is 1. The molecule has 0 amide bonds. The summed E-state index contributed by atoms with van der Waals surface area (Å²) in [6, 6.07) is 0. The Morgan fingerprint density at radius 2 is 1.80 bits per heavy atom. The Hall–Kier alpha value is -0.350. The minimum Gasteiger partial charge on any atom is -0.330 e. The van der Waals surface area contributed by atoms with Gasteiger partial charge in [-0.05, 0) is 61.0 Å². The highest BCUT2D eigenvalue weighted by molar-refractivity contribution is 9.10. The predicted octanol–water partition coefficient (Wildman–Crippen LogP) is 4.21. The molecule has 2 rings (SSSR count). The zero-order chi connectivity index (χ0) is 14.6. The van der Waals surface area contributed by atoms with Crippen molar-refractivity contribution >= 4 is 15.9 Å². The average Bonchev–Trinajstić information content (AvgIpc) is 2.69. The van der Waals surface area contributed by atoms with Gasteiger partial charge in [0.25, 0.3) is 0 Å². The summed E-state index contributed by atoms with van der Waals surface area (Å²) < 4.78 is 3.34. The van der Waals surface area contributed by atoms with E-state index < -0.39 is 0 Å². The maximum atomic E-state index is 6.21. The van der Waals surface area contributed by atoms with E-state index in [1.807, 2.05) is 0 Å². The molecule has 1 saturated carbocycles. The van der Waals surface area contributed by atoms with Crippen LogP contribution in [0, 0.1) is 12.3 Å². The van der Waals surface area contributed by atoms with Crippen molar-refractivity contribution in [2.75, 3.05) is 6.54 Å². The van der Waals surface area contributed by atoms with E-state index in [9.17, 15) is 0 Å².